The number of phenols is 1. The van der Waals surface area contributed by atoms with Crippen molar-refractivity contribution in [1.29, 1.82) is 5.26 Å². The summed E-state index contributed by atoms with van der Waals surface area (Å²) in [6.45, 7) is 0. The molecule has 0 saturated carbocycles. The van der Waals surface area contributed by atoms with Crippen molar-refractivity contribution in [2.24, 2.45) is 0 Å². The van der Waals surface area contributed by atoms with Gasteiger partial charge in [-0.05, 0) is 24.1 Å². The summed E-state index contributed by atoms with van der Waals surface area (Å²) in [6, 6.07) is 5.27. The zero-order valence-electron chi connectivity index (χ0n) is 6.98. The van der Waals surface area contributed by atoms with Gasteiger partial charge in [-0.25, -0.2) is 4.79 Å². The lowest BCUT2D eigenvalue weighted by molar-refractivity contribution is 0.0697. The number of carbonyl (C=O) groups is 1. The second-order valence-corrected chi connectivity index (χ2v) is 2.40. The fraction of sp³-hybridized carbons (Fsp3) is 0. The number of nitrogens with zero attached hydrogens (tertiary/aromatic N) is 1. The lowest BCUT2D eigenvalue weighted by Crippen LogP contribution is -1.96. The van der Waals surface area contributed by atoms with Crippen molar-refractivity contribution in [2.75, 3.05) is 0 Å². The van der Waals surface area contributed by atoms with E-state index in [-0.39, 0.29) is 16.9 Å². The van der Waals surface area contributed by atoms with Crippen molar-refractivity contribution < 1.29 is 15.0 Å². The molecule has 0 heterocycles. The largest absolute Gasteiger partial charge is 0.507 e. The molecule has 0 saturated heterocycles. The van der Waals surface area contributed by atoms with Crippen LogP contribution in [0.4, 0.5) is 0 Å². The maximum Gasteiger partial charge on any atom is 0.335 e. The summed E-state index contributed by atoms with van der Waals surface area (Å²) in [6.07, 6.45) is 0. The van der Waals surface area contributed by atoms with Crippen LogP contribution in [0.3, 0.4) is 0 Å². The highest BCUT2D eigenvalue weighted by Crippen LogP contribution is 2.17. The van der Waals surface area contributed by atoms with Crippen molar-refractivity contribution in [3.05, 3.63) is 29.3 Å². The number of benzene rings is 1. The highest BCUT2D eigenvalue weighted by molar-refractivity contribution is 5.88. The van der Waals surface area contributed by atoms with Crippen LogP contribution in [0.1, 0.15) is 15.9 Å². The van der Waals surface area contributed by atoms with Gasteiger partial charge in [0.2, 0.25) is 0 Å². The van der Waals surface area contributed by atoms with E-state index in [4.69, 9.17) is 10.4 Å². The molecule has 0 unspecified atom stereocenters. The average Bonchev–Trinajstić information content (AvgIpc) is 2.16. The van der Waals surface area contributed by atoms with Gasteiger partial charge in [0.25, 0.3) is 0 Å². The van der Waals surface area contributed by atoms with E-state index in [9.17, 15) is 9.90 Å². The van der Waals surface area contributed by atoms with Crippen LogP contribution in [-0.4, -0.2) is 16.2 Å². The van der Waals surface area contributed by atoms with Crippen LogP contribution in [0.25, 0.3) is 0 Å². The number of hydrogen-bond acceptors (Lipinski definition) is 3. The van der Waals surface area contributed by atoms with E-state index in [1.807, 2.05) is 0 Å². The number of aromatic carboxylic acids is 1. The highest BCUT2D eigenvalue weighted by atomic mass is 16.4. The number of aromatic hydroxyl groups is 1. The average molecular weight is 187 g/mol. The van der Waals surface area contributed by atoms with Crippen molar-refractivity contribution in [3.63, 3.8) is 0 Å². The van der Waals surface area contributed by atoms with Gasteiger partial charge in [0.15, 0.2) is 6.07 Å². The van der Waals surface area contributed by atoms with Crippen LogP contribution in [0, 0.1) is 23.2 Å². The Morgan fingerprint density at radius 3 is 2.71 bits per heavy atom. The molecule has 0 aliphatic carbocycles. The molecule has 0 bridgehead atoms. The van der Waals surface area contributed by atoms with Crippen molar-refractivity contribution in [2.45, 2.75) is 0 Å². The van der Waals surface area contributed by atoms with Crippen LogP contribution in [0.5, 0.6) is 5.75 Å². The second kappa shape index (κ2) is 3.97. The number of carboxylic acids is 1. The van der Waals surface area contributed by atoms with E-state index < -0.39 is 5.97 Å². The Morgan fingerprint density at radius 1 is 1.43 bits per heavy atom. The van der Waals surface area contributed by atoms with Crippen LogP contribution in [0.2, 0.25) is 0 Å². The minimum Gasteiger partial charge on any atom is -0.507 e. The zero-order valence-corrected chi connectivity index (χ0v) is 6.98. The van der Waals surface area contributed by atoms with Gasteiger partial charge in [-0.1, -0.05) is 0 Å². The molecule has 0 aliphatic rings. The molecular formula is C10H5NO3. The fourth-order valence-electron chi connectivity index (χ4n) is 0.864. The highest BCUT2D eigenvalue weighted by Gasteiger charge is 2.05. The van der Waals surface area contributed by atoms with Crippen LogP contribution >= 0.6 is 0 Å². The number of rotatable bonds is 1. The third-order valence-corrected chi connectivity index (χ3v) is 1.50. The van der Waals surface area contributed by atoms with Crippen LogP contribution in [-0.2, 0) is 0 Å². The van der Waals surface area contributed by atoms with Gasteiger partial charge >= 0.3 is 5.97 Å². The van der Waals surface area contributed by atoms with Gasteiger partial charge in [0.05, 0.1) is 11.1 Å². The Balaban J connectivity index is 3.23. The molecule has 4 heteroatoms. The SMILES string of the molecule is N#CC#Cc1cc(C(=O)O)ccc1O. The van der Waals surface area contributed by atoms with Gasteiger partial charge in [-0.2, -0.15) is 5.26 Å². The van der Waals surface area contributed by atoms with E-state index in [1.165, 1.54) is 18.2 Å². The van der Waals surface area contributed by atoms with Crippen LogP contribution in [0.15, 0.2) is 18.2 Å². The van der Waals surface area contributed by atoms with Crippen molar-refractivity contribution >= 4 is 5.97 Å². The lowest BCUT2D eigenvalue weighted by atomic mass is 10.1. The molecule has 0 fully saturated rings. The third-order valence-electron chi connectivity index (χ3n) is 1.50. The molecule has 2 N–H and O–H groups in total. The Kier molecular flexibility index (Phi) is 2.73. The van der Waals surface area contributed by atoms with Gasteiger partial charge in [-0.3, -0.25) is 0 Å². The summed E-state index contributed by atoms with van der Waals surface area (Å²) in [5.41, 5.74) is 0.150. The molecule has 0 amide bonds. The maximum absolute atomic E-state index is 10.5. The quantitative estimate of drug-likeness (QED) is 0.641. The maximum atomic E-state index is 10.5. The fourth-order valence-corrected chi connectivity index (χ4v) is 0.864. The molecule has 0 aliphatic heterocycles. The molecule has 0 atom stereocenters. The summed E-state index contributed by atoms with van der Waals surface area (Å²) in [5.74, 6) is 3.16. The monoisotopic (exact) mass is 187 g/mol. The minimum atomic E-state index is -1.11. The smallest absolute Gasteiger partial charge is 0.335 e. The van der Waals surface area contributed by atoms with E-state index in [1.54, 1.807) is 6.07 Å². The number of phenolic OH excluding ortho intramolecular Hbond substituents is 1. The topological polar surface area (TPSA) is 81.3 Å². The van der Waals surface area contributed by atoms with Crippen LogP contribution < -0.4 is 0 Å². The number of hydrogen-bond donors (Lipinski definition) is 2. The van der Waals surface area contributed by atoms with E-state index in [0.29, 0.717) is 0 Å². The molecule has 0 spiro atoms. The predicted octanol–water partition coefficient (Wildman–Crippen LogP) is 0.965. The van der Waals surface area contributed by atoms with E-state index >= 15 is 0 Å². The molecular weight excluding hydrogens is 182 g/mol. The molecule has 4 nitrogen and oxygen atoms in total. The lowest BCUT2D eigenvalue weighted by Gasteiger charge is -1.98. The molecule has 68 valence electrons. The first-order valence-electron chi connectivity index (χ1n) is 3.61. The summed E-state index contributed by atoms with van der Waals surface area (Å²) in [4.78, 5) is 10.5. The van der Waals surface area contributed by atoms with E-state index in [2.05, 4.69) is 11.8 Å². The van der Waals surface area contributed by atoms with Crippen molar-refractivity contribution in [1.82, 2.24) is 0 Å². The summed E-state index contributed by atoms with van der Waals surface area (Å²) >= 11 is 0. The molecule has 1 aromatic rings. The Bertz CT molecular complexity index is 474. The standard InChI is InChI=1S/C10H5NO3/c11-5-1-2-7-6-8(10(13)14)3-4-9(7)12/h3-4,6,12H,(H,13,14). The molecule has 0 radical (unpaired) electrons. The normalized spacial score (nSPS) is 8.21. The second-order valence-electron chi connectivity index (χ2n) is 2.40. The first-order valence-corrected chi connectivity index (χ1v) is 3.61. The predicted molar refractivity (Wildman–Crippen MR) is 47.6 cm³/mol. The number of carboxylic acid groups (broad SMARTS) is 1. The molecule has 14 heavy (non-hydrogen) atoms. The first-order chi connectivity index (χ1) is 6.65. The van der Waals surface area contributed by atoms with Gasteiger partial charge in [0.1, 0.15) is 5.75 Å². The third kappa shape index (κ3) is 2.02. The zero-order chi connectivity index (χ0) is 10.6. The molecule has 1 rings (SSSR count). The van der Waals surface area contributed by atoms with E-state index in [0.717, 1.165) is 0 Å². The molecule has 0 aromatic heterocycles. The van der Waals surface area contributed by atoms with Gasteiger partial charge in [0, 0.05) is 5.92 Å². The molecule has 1 aromatic carbocycles. The van der Waals surface area contributed by atoms with Crippen molar-refractivity contribution in [3.8, 4) is 23.7 Å². The Morgan fingerprint density at radius 2 is 2.14 bits per heavy atom. The first kappa shape index (κ1) is 9.63. The Labute approximate surface area is 80.0 Å². The summed E-state index contributed by atoms with van der Waals surface area (Å²) < 4.78 is 0. The van der Waals surface area contributed by atoms with Gasteiger partial charge in [-0.15, -0.1) is 0 Å². The summed E-state index contributed by atoms with van der Waals surface area (Å²) in [5, 5.41) is 26.0. The summed E-state index contributed by atoms with van der Waals surface area (Å²) in [7, 11) is 0. The Hall–Kier alpha value is -2.46. The minimum absolute atomic E-state index is 0.0186. The van der Waals surface area contributed by atoms with Gasteiger partial charge < -0.3 is 10.2 Å². The number of nitriles is 1.